The van der Waals surface area contributed by atoms with Crippen molar-refractivity contribution in [1.82, 2.24) is 0 Å². The number of hydrogen-bond acceptors (Lipinski definition) is 2. The number of nitrogens with two attached hydrogens (primary N) is 1. The summed E-state index contributed by atoms with van der Waals surface area (Å²) in [4.78, 5) is 0. The van der Waals surface area contributed by atoms with Crippen molar-refractivity contribution in [3.05, 3.63) is 35.4 Å². The Bertz CT molecular complexity index is 425. The maximum atomic E-state index is 6.55. The molecule has 0 aliphatic heterocycles. The van der Waals surface area contributed by atoms with Gasteiger partial charge in [0, 0.05) is 16.5 Å². The lowest BCUT2D eigenvalue weighted by molar-refractivity contribution is 0.498. The molecule has 0 heterocycles. The zero-order valence-corrected chi connectivity index (χ0v) is 12.7. The Hall–Kier alpha value is -0.470. The fourth-order valence-electron chi connectivity index (χ4n) is 3.67. The van der Waals surface area contributed by atoms with Crippen LogP contribution in [0.3, 0.4) is 0 Å². The average Bonchev–Trinajstić information content (AvgIpc) is 2.46. The van der Waals surface area contributed by atoms with Crippen molar-refractivity contribution >= 4 is 11.8 Å². The minimum Gasteiger partial charge on any atom is -0.323 e. The smallest absolute Gasteiger partial charge is 0.0418 e. The Morgan fingerprint density at radius 3 is 2.47 bits per heavy atom. The van der Waals surface area contributed by atoms with Gasteiger partial charge in [-0.2, -0.15) is 11.8 Å². The van der Waals surface area contributed by atoms with Crippen molar-refractivity contribution in [3.63, 3.8) is 0 Å². The Kier molecular flexibility index (Phi) is 4.18. The van der Waals surface area contributed by atoms with E-state index in [4.69, 9.17) is 5.73 Å². The molecule has 3 atom stereocenters. The third kappa shape index (κ3) is 2.85. The van der Waals surface area contributed by atoms with Gasteiger partial charge in [-0.1, -0.05) is 50.5 Å². The molecule has 0 spiro atoms. The Labute approximate surface area is 121 Å². The van der Waals surface area contributed by atoms with E-state index >= 15 is 0 Å². The normalized spacial score (nSPS) is 32.0. The standard InChI is InChI=1S/C17H25NS/c1-12-11-16(19-13-7-3-2-4-8-13)17(18)15-10-6-5-9-14(12)15/h5-6,9-10,12-13,16-17H,2-4,7-8,11,18H2,1H3. The number of thioether (sulfide) groups is 1. The molecular formula is C17H25NS. The average molecular weight is 275 g/mol. The molecule has 3 rings (SSSR count). The first-order chi connectivity index (χ1) is 9.25. The zero-order valence-electron chi connectivity index (χ0n) is 11.8. The number of hydrogen-bond donors (Lipinski definition) is 1. The summed E-state index contributed by atoms with van der Waals surface area (Å²) in [6, 6.07) is 9.03. The lowest BCUT2D eigenvalue weighted by atomic mass is 9.81. The lowest BCUT2D eigenvalue weighted by Gasteiger charge is -2.37. The van der Waals surface area contributed by atoms with Gasteiger partial charge in [0.2, 0.25) is 0 Å². The van der Waals surface area contributed by atoms with E-state index < -0.39 is 0 Å². The highest BCUT2D eigenvalue weighted by molar-refractivity contribution is 8.00. The lowest BCUT2D eigenvalue weighted by Crippen LogP contribution is -2.32. The van der Waals surface area contributed by atoms with E-state index in [9.17, 15) is 0 Å². The molecule has 0 aromatic heterocycles. The van der Waals surface area contributed by atoms with Gasteiger partial charge in [0.25, 0.3) is 0 Å². The second kappa shape index (κ2) is 5.88. The van der Waals surface area contributed by atoms with Gasteiger partial charge in [0.05, 0.1) is 0 Å². The molecule has 0 amide bonds. The Morgan fingerprint density at radius 1 is 1.05 bits per heavy atom. The molecule has 104 valence electrons. The molecule has 2 aliphatic carbocycles. The molecule has 19 heavy (non-hydrogen) atoms. The van der Waals surface area contributed by atoms with Crippen LogP contribution >= 0.6 is 11.8 Å². The summed E-state index contributed by atoms with van der Waals surface area (Å²) < 4.78 is 0. The zero-order chi connectivity index (χ0) is 13.2. The van der Waals surface area contributed by atoms with Gasteiger partial charge in [-0.3, -0.25) is 0 Å². The fourth-order valence-corrected chi connectivity index (χ4v) is 5.49. The van der Waals surface area contributed by atoms with Crippen LogP contribution in [-0.2, 0) is 0 Å². The van der Waals surface area contributed by atoms with E-state index in [1.807, 2.05) is 0 Å². The molecule has 1 saturated carbocycles. The quantitative estimate of drug-likeness (QED) is 0.851. The molecule has 1 fully saturated rings. The third-order valence-corrected chi connectivity index (χ3v) is 6.48. The SMILES string of the molecule is CC1CC(SC2CCCCC2)C(N)c2ccccc21. The van der Waals surface area contributed by atoms with Crippen LogP contribution in [0.1, 0.15) is 68.5 Å². The Balaban J connectivity index is 1.74. The maximum Gasteiger partial charge on any atom is 0.0418 e. The van der Waals surface area contributed by atoms with Crippen molar-refractivity contribution in [2.45, 2.75) is 67.9 Å². The van der Waals surface area contributed by atoms with E-state index in [2.05, 4.69) is 43.0 Å². The minimum absolute atomic E-state index is 0.235. The van der Waals surface area contributed by atoms with E-state index in [0.717, 1.165) is 5.25 Å². The molecule has 2 aliphatic rings. The highest BCUT2D eigenvalue weighted by atomic mass is 32.2. The molecule has 2 N–H and O–H groups in total. The highest BCUT2D eigenvalue weighted by Gasteiger charge is 2.32. The van der Waals surface area contributed by atoms with Crippen molar-refractivity contribution in [3.8, 4) is 0 Å². The van der Waals surface area contributed by atoms with Crippen LogP contribution in [0.5, 0.6) is 0 Å². The molecule has 1 aromatic carbocycles. The summed E-state index contributed by atoms with van der Waals surface area (Å²) in [5.74, 6) is 0.664. The van der Waals surface area contributed by atoms with Crippen LogP contribution in [-0.4, -0.2) is 10.5 Å². The summed E-state index contributed by atoms with van der Waals surface area (Å²) in [5.41, 5.74) is 9.43. The number of fused-ring (bicyclic) bond motifs is 1. The van der Waals surface area contributed by atoms with Crippen LogP contribution in [0.2, 0.25) is 0 Å². The topological polar surface area (TPSA) is 26.0 Å². The van der Waals surface area contributed by atoms with Gasteiger partial charge in [-0.15, -0.1) is 0 Å². The first kappa shape index (κ1) is 13.5. The number of rotatable bonds is 2. The summed E-state index contributed by atoms with van der Waals surface area (Å²) >= 11 is 2.19. The summed E-state index contributed by atoms with van der Waals surface area (Å²) in [7, 11) is 0. The predicted octanol–water partition coefficient (Wildman–Crippen LogP) is 4.63. The second-order valence-corrected chi connectivity index (χ2v) is 7.77. The first-order valence-corrected chi connectivity index (χ1v) is 8.70. The molecule has 0 saturated heterocycles. The molecule has 0 radical (unpaired) electrons. The van der Waals surface area contributed by atoms with E-state index in [1.165, 1.54) is 49.7 Å². The van der Waals surface area contributed by atoms with Crippen LogP contribution < -0.4 is 5.73 Å². The van der Waals surface area contributed by atoms with Crippen molar-refractivity contribution in [1.29, 1.82) is 0 Å². The summed E-state index contributed by atoms with van der Waals surface area (Å²) in [6.45, 7) is 2.36. The minimum atomic E-state index is 0.235. The fraction of sp³-hybridized carbons (Fsp3) is 0.647. The van der Waals surface area contributed by atoms with Crippen molar-refractivity contribution in [2.75, 3.05) is 0 Å². The van der Waals surface area contributed by atoms with Crippen LogP contribution in [0.15, 0.2) is 24.3 Å². The molecule has 1 nitrogen and oxygen atoms in total. The summed E-state index contributed by atoms with van der Waals surface area (Å²) in [6.07, 6.45) is 8.34. The molecule has 0 bridgehead atoms. The molecule has 2 heteroatoms. The number of benzene rings is 1. The molecule has 3 unspecified atom stereocenters. The van der Waals surface area contributed by atoms with Crippen LogP contribution in [0, 0.1) is 0 Å². The highest BCUT2D eigenvalue weighted by Crippen LogP contribution is 2.44. The monoisotopic (exact) mass is 275 g/mol. The maximum absolute atomic E-state index is 6.55. The third-order valence-electron chi connectivity index (χ3n) is 4.79. The second-order valence-electron chi connectivity index (χ2n) is 6.23. The summed E-state index contributed by atoms with van der Waals surface area (Å²) in [5, 5.41) is 1.48. The van der Waals surface area contributed by atoms with Gasteiger partial charge in [0.15, 0.2) is 0 Å². The van der Waals surface area contributed by atoms with Gasteiger partial charge in [0.1, 0.15) is 0 Å². The molecule has 1 aromatic rings. The van der Waals surface area contributed by atoms with Crippen LogP contribution in [0.25, 0.3) is 0 Å². The van der Waals surface area contributed by atoms with E-state index in [1.54, 1.807) is 0 Å². The van der Waals surface area contributed by atoms with Crippen LogP contribution in [0.4, 0.5) is 0 Å². The van der Waals surface area contributed by atoms with Gasteiger partial charge in [-0.25, -0.2) is 0 Å². The first-order valence-electron chi connectivity index (χ1n) is 7.75. The van der Waals surface area contributed by atoms with Gasteiger partial charge < -0.3 is 5.73 Å². The van der Waals surface area contributed by atoms with Crippen molar-refractivity contribution in [2.24, 2.45) is 5.73 Å². The van der Waals surface area contributed by atoms with E-state index in [-0.39, 0.29) is 6.04 Å². The molecular weight excluding hydrogens is 250 g/mol. The predicted molar refractivity (Wildman–Crippen MR) is 84.7 cm³/mol. The van der Waals surface area contributed by atoms with Gasteiger partial charge >= 0.3 is 0 Å². The van der Waals surface area contributed by atoms with Gasteiger partial charge in [-0.05, 0) is 36.3 Å². The van der Waals surface area contributed by atoms with Crippen molar-refractivity contribution < 1.29 is 0 Å². The Morgan fingerprint density at radius 2 is 1.74 bits per heavy atom. The van der Waals surface area contributed by atoms with E-state index in [0.29, 0.717) is 11.2 Å². The largest absolute Gasteiger partial charge is 0.323 e.